The number of amides is 1. The highest BCUT2D eigenvalue weighted by molar-refractivity contribution is 5.97. The molecule has 0 radical (unpaired) electrons. The average molecular weight is 377 g/mol. The number of esters is 1. The molecule has 1 atom stereocenters. The third kappa shape index (κ3) is 4.11. The van der Waals surface area contributed by atoms with Crippen molar-refractivity contribution in [3.63, 3.8) is 0 Å². The van der Waals surface area contributed by atoms with Crippen molar-refractivity contribution in [3.05, 3.63) is 71.9 Å². The zero-order valence-electron chi connectivity index (χ0n) is 16.4. The van der Waals surface area contributed by atoms with Crippen LogP contribution < -0.4 is 0 Å². The second kappa shape index (κ2) is 8.08. The van der Waals surface area contributed by atoms with Crippen LogP contribution in [0.4, 0.5) is 0 Å². The number of para-hydroxylation sites is 1. The van der Waals surface area contributed by atoms with Gasteiger partial charge in [-0.2, -0.15) is 5.10 Å². The van der Waals surface area contributed by atoms with E-state index in [1.54, 1.807) is 31.9 Å². The molecule has 144 valence electrons. The Kier molecular flexibility index (Phi) is 5.59. The van der Waals surface area contributed by atoms with E-state index in [0.29, 0.717) is 11.3 Å². The molecule has 0 aliphatic rings. The minimum absolute atomic E-state index is 0.277. The van der Waals surface area contributed by atoms with E-state index >= 15 is 0 Å². The van der Waals surface area contributed by atoms with Crippen molar-refractivity contribution in [3.8, 4) is 16.9 Å². The van der Waals surface area contributed by atoms with Crippen LogP contribution in [0.3, 0.4) is 0 Å². The Morgan fingerprint density at radius 2 is 1.68 bits per heavy atom. The van der Waals surface area contributed by atoms with Gasteiger partial charge in [0.25, 0.3) is 5.91 Å². The first-order chi connectivity index (χ1) is 13.4. The normalized spacial score (nSPS) is 11.7. The summed E-state index contributed by atoms with van der Waals surface area (Å²) in [6, 6.07) is 17.3. The Bertz CT molecular complexity index is 976. The minimum Gasteiger partial charge on any atom is -0.449 e. The van der Waals surface area contributed by atoms with Crippen LogP contribution in [0.5, 0.6) is 0 Å². The number of carbonyl (C=O) groups is 2. The van der Waals surface area contributed by atoms with E-state index in [9.17, 15) is 9.59 Å². The first-order valence-corrected chi connectivity index (χ1v) is 9.01. The summed E-state index contributed by atoms with van der Waals surface area (Å²) in [7, 11) is 3.25. The maximum absolute atomic E-state index is 12.8. The topological polar surface area (TPSA) is 64.4 Å². The first-order valence-electron chi connectivity index (χ1n) is 9.01. The minimum atomic E-state index is -0.881. The predicted octanol–water partition coefficient (Wildman–Crippen LogP) is 3.48. The molecule has 0 spiro atoms. The fourth-order valence-electron chi connectivity index (χ4n) is 2.80. The number of nitrogens with zero attached hydrogens (tertiary/aromatic N) is 3. The van der Waals surface area contributed by atoms with Gasteiger partial charge in [-0.1, -0.05) is 48.0 Å². The highest BCUT2D eigenvalue weighted by atomic mass is 16.5. The number of carbonyl (C=O) groups excluding carboxylic acids is 2. The quantitative estimate of drug-likeness (QED) is 0.639. The molecule has 0 N–H and O–H groups in total. The van der Waals surface area contributed by atoms with Crippen molar-refractivity contribution in [1.29, 1.82) is 0 Å². The van der Waals surface area contributed by atoms with Crippen LogP contribution in [0.25, 0.3) is 16.9 Å². The second-order valence-corrected chi connectivity index (χ2v) is 6.82. The van der Waals surface area contributed by atoms with E-state index in [1.165, 1.54) is 4.90 Å². The maximum Gasteiger partial charge on any atom is 0.342 e. The number of benzene rings is 2. The second-order valence-electron chi connectivity index (χ2n) is 6.82. The van der Waals surface area contributed by atoms with Gasteiger partial charge in [-0.3, -0.25) is 4.79 Å². The Hall–Kier alpha value is -3.41. The summed E-state index contributed by atoms with van der Waals surface area (Å²) < 4.78 is 7.05. The number of aryl methyl sites for hydroxylation is 1. The van der Waals surface area contributed by atoms with Crippen molar-refractivity contribution in [2.45, 2.75) is 20.0 Å². The number of likely N-dealkylation sites (N-methyl/N-ethyl adjacent to an activating group) is 1. The maximum atomic E-state index is 12.8. The lowest BCUT2D eigenvalue weighted by Gasteiger charge is -2.17. The van der Waals surface area contributed by atoms with Crippen molar-refractivity contribution in [2.75, 3.05) is 14.1 Å². The van der Waals surface area contributed by atoms with Crippen LogP contribution >= 0.6 is 0 Å². The number of aromatic nitrogens is 2. The average Bonchev–Trinajstić information content (AvgIpc) is 3.14. The van der Waals surface area contributed by atoms with E-state index in [-0.39, 0.29) is 5.91 Å². The van der Waals surface area contributed by atoms with Gasteiger partial charge < -0.3 is 9.64 Å². The van der Waals surface area contributed by atoms with Crippen molar-refractivity contribution >= 4 is 11.9 Å². The first kappa shape index (κ1) is 19.4. The van der Waals surface area contributed by atoms with Crippen LogP contribution in [0, 0.1) is 6.92 Å². The fourth-order valence-corrected chi connectivity index (χ4v) is 2.80. The summed E-state index contributed by atoms with van der Waals surface area (Å²) >= 11 is 0. The van der Waals surface area contributed by atoms with Gasteiger partial charge in [-0.05, 0) is 26.0 Å². The monoisotopic (exact) mass is 377 g/mol. The molecule has 3 rings (SSSR count). The highest BCUT2D eigenvalue weighted by Gasteiger charge is 2.25. The number of ether oxygens (including phenoxy) is 1. The molecule has 28 heavy (non-hydrogen) atoms. The van der Waals surface area contributed by atoms with Crippen molar-refractivity contribution in [2.24, 2.45) is 0 Å². The zero-order valence-corrected chi connectivity index (χ0v) is 16.4. The Labute approximate surface area is 164 Å². The van der Waals surface area contributed by atoms with Crippen LogP contribution in [-0.4, -0.2) is 46.8 Å². The summed E-state index contributed by atoms with van der Waals surface area (Å²) in [5, 5.41) is 4.61. The van der Waals surface area contributed by atoms with Gasteiger partial charge >= 0.3 is 5.97 Å². The van der Waals surface area contributed by atoms with Crippen LogP contribution in [0.15, 0.2) is 60.8 Å². The lowest BCUT2D eigenvalue weighted by atomic mass is 10.1. The van der Waals surface area contributed by atoms with Gasteiger partial charge in [0.05, 0.1) is 5.69 Å². The predicted molar refractivity (Wildman–Crippen MR) is 107 cm³/mol. The number of rotatable bonds is 5. The van der Waals surface area contributed by atoms with Gasteiger partial charge in [0.1, 0.15) is 11.3 Å². The molecule has 1 amide bonds. The molecule has 0 aliphatic heterocycles. The van der Waals surface area contributed by atoms with E-state index < -0.39 is 12.1 Å². The Morgan fingerprint density at radius 1 is 1.04 bits per heavy atom. The third-order valence-electron chi connectivity index (χ3n) is 4.35. The van der Waals surface area contributed by atoms with E-state index in [2.05, 4.69) is 5.10 Å². The Balaban J connectivity index is 2.00. The summed E-state index contributed by atoms with van der Waals surface area (Å²) in [6.07, 6.45) is 0.758. The van der Waals surface area contributed by atoms with E-state index in [4.69, 9.17) is 4.74 Å². The van der Waals surface area contributed by atoms with Gasteiger partial charge in [-0.15, -0.1) is 0 Å². The smallest absolute Gasteiger partial charge is 0.342 e. The third-order valence-corrected chi connectivity index (χ3v) is 4.35. The number of hydrogen-bond acceptors (Lipinski definition) is 4. The highest BCUT2D eigenvalue weighted by Crippen LogP contribution is 2.25. The Morgan fingerprint density at radius 3 is 2.29 bits per heavy atom. The molecule has 3 aromatic rings. The molecular formula is C22H23N3O3. The summed E-state index contributed by atoms with van der Waals surface area (Å²) in [6.45, 7) is 3.56. The fraction of sp³-hybridized carbons (Fsp3) is 0.227. The molecule has 6 heteroatoms. The molecule has 2 aromatic carbocycles. The molecule has 0 fully saturated rings. The molecule has 0 unspecified atom stereocenters. The van der Waals surface area contributed by atoms with Gasteiger partial charge in [-0.25, -0.2) is 9.48 Å². The van der Waals surface area contributed by atoms with Crippen LogP contribution in [0.1, 0.15) is 22.8 Å². The summed E-state index contributed by atoms with van der Waals surface area (Å²) in [5.74, 6) is -0.860. The lowest BCUT2D eigenvalue weighted by Crippen LogP contribution is -2.34. The summed E-state index contributed by atoms with van der Waals surface area (Å²) in [4.78, 5) is 26.3. The molecule has 6 nitrogen and oxygen atoms in total. The van der Waals surface area contributed by atoms with E-state index in [1.807, 2.05) is 61.5 Å². The van der Waals surface area contributed by atoms with Crippen molar-refractivity contribution in [1.82, 2.24) is 14.7 Å². The molecule has 0 aliphatic carbocycles. The molecular weight excluding hydrogens is 354 g/mol. The largest absolute Gasteiger partial charge is 0.449 e. The zero-order chi connectivity index (χ0) is 20.3. The van der Waals surface area contributed by atoms with E-state index in [0.717, 1.165) is 16.8 Å². The van der Waals surface area contributed by atoms with Gasteiger partial charge in [0.15, 0.2) is 6.10 Å². The standard InChI is InChI=1S/C22H23N3O3/c1-15-10-12-17(13-11-15)20-19(22(27)28-16(2)21(26)24(3)4)14-25(23-20)18-8-6-5-7-9-18/h5-14,16H,1-4H3/t16-/m0/s1. The molecule has 0 bridgehead atoms. The lowest BCUT2D eigenvalue weighted by molar-refractivity contribution is -0.137. The van der Waals surface area contributed by atoms with Crippen LogP contribution in [0.2, 0.25) is 0 Å². The molecule has 0 saturated carbocycles. The summed E-state index contributed by atoms with van der Waals surface area (Å²) in [5.41, 5.74) is 3.57. The molecule has 1 aromatic heterocycles. The van der Waals surface area contributed by atoms with Gasteiger partial charge in [0.2, 0.25) is 0 Å². The molecule has 0 saturated heterocycles. The van der Waals surface area contributed by atoms with Crippen molar-refractivity contribution < 1.29 is 14.3 Å². The van der Waals surface area contributed by atoms with Gasteiger partial charge in [0, 0.05) is 25.9 Å². The molecule has 1 heterocycles. The number of hydrogen-bond donors (Lipinski definition) is 0. The SMILES string of the molecule is Cc1ccc(-c2nn(-c3ccccc3)cc2C(=O)O[C@@H](C)C(=O)N(C)C)cc1. The van der Waals surface area contributed by atoms with Crippen LogP contribution in [-0.2, 0) is 9.53 Å².